The fourth-order valence-electron chi connectivity index (χ4n) is 1.64. The van der Waals surface area contributed by atoms with Gasteiger partial charge in [0.2, 0.25) is 10.0 Å². The first-order valence-electron chi connectivity index (χ1n) is 6.45. The van der Waals surface area contributed by atoms with Crippen molar-refractivity contribution in [1.82, 2.24) is 4.72 Å². The molecule has 0 saturated carbocycles. The molecule has 6 nitrogen and oxygen atoms in total. The third-order valence-electron chi connectivity index (χ3n) is 2.69. The van der Waals surface area contributed by atoms with Gasteiger partial charge >= 0.3 is 0 Å². The minimum Gasteiger partial charge on any atom is -0.493 e. The molecule has 0 aliphatic carbocycles. The van der Waals surface area contributed by atoms with Crippen LogP contribution in [0.5, 0.6) is 11.5 Å². The molecule has 1 N–H and O–H groups in total. The number of sulfonamides is 1. The van der Waals surface area contributed by atoms with Crippen molar-refractivity contribution in [2.24, 2.45) is 0 Å². The minimum absolute atomic E-state index is 0.108. The molecule has 0 radical (unpaired) electrons. The number of ether oxygens (including phenoxy) is 3. The van der Waals surface area contributed by atoms with E-state index in [2.05, 4.69) is 20.7 Å². The maximum atomic E-state index is 12.3. The third kappa shape index (κ3) is 5.14. The smallest absolute Gasteiger partial charge is 0.241 e. The number of hydrogen-bond acceptors (Lipinski definition) is 5. The van der Waals surface area contributed by atoms with Crippen LogP contribution in [0.15, 0.2) is 21.5 Å². The van der Waals surface area contributed by atoms with Crippen LogP contribution in [0, 0.1) is 0 Å². The van der Waals surface area contributed by atoms with Crippen LogP contribution in [0.1, 0.15) is 13.3 Å². The summed E-state index contributed by atoms with van der Waals surface area (Å²) in [4.78, 5) is 0.108. The van der Waals surface area contributed by atoms with E-state index in [1.807, 2.05) is 6.92 Å². The zero-order valence-corrected chi connectivity index (χ0v) is 14.7. The normalized spacial score (nSPS) is 11.4. The zero-order chi connectivity index (χ0) is 15.9. The summed E-state index contributed by atoms with van der Waals surface area (Å²) in [7, 11) is -0.677. The predicted molar refractivity (Wildman–Crippen MR) is 83.5 cm³/mol. The second kappa shape index (κ2) is 8.57. The van der Waals surface area contributed by atoms with Crippen molar-refractivity contribution in [3.8, 4) is 11.5 Å². The highest BCUT2D eigenvalue weighted by Gasteiger charge is 2.20. The lowest BCUT2D eigenvalue weighted by molar-refractivity contribution is 0.146. The van der Waals surface area contributed by atoms with Gasteiger partial charge in [-0.1, -0.05) is 0 Å². The monoisotopic (exact) mass is 381 g/mol. The number of methoxy groups -OCH3 is 2. The van der Waals surface area contributed by atoms with E-state index in [0.29, 0.717) is 42.2 Å². The Morgan fingerprint density at radius 3 is 2.38 bits per heavy atom. The van der Waals surface area contributed by atoms with Crippen LogP contribution in [0.2, 0.25) is 0 Å². The average molecular weight is 382 g/mol. The summed E-state index contributed by atoms with van der Waals surface area (Å²) in [5, 5.41) is 0. The van der Waals surface area contributed by atoms with E-state index in [4.69, 9.17) is 14.2 Å². The molecule has 1 aromatic carbocycles. The van der Waals surface area contributed by atoms with Gasteiger partial charge in [-0.25, -0.2) is 13.1 Å². The Labute approximate surface area is 134 Å². The van der Waals surface area contributed by atoms with Gasteiger partial charge in [0.25, 0.3) is 0 Å². The van der Waals surface area contributed by atoms with E-state index in [0.717, 1.165) is 0 Å². The van der Waals surface area contributed by atoms with Crippen molar-refractivity contribution in [2.75, 3.05) is 34.0 Å². The van der Waals surface area contributed by atoms with Gasteiger partial charge in [-0.15, -0.1) is 0 Å². The molecule has 0 atom stereocenters. The number of halogens is 1. The lowest BCUT2D eigenvalue weighted by Crippen LogP contribution is -2.26. The predicted octanol–water partition coefficient (Wildman–Crippen LogP) is 2.17. The quantitative estimate of drug-likeness (QED) is 0.663. The van der Waals surface area contributed by atoms with Crippen molar-refractivity contribution in [1.29, 1.82) is 0 Å². The van der Waals surface area contributed by atoms with E-state index in [1.54, 1.807) is 6.07 Å². The molecule has 8 heteroatoms. The van der Waals surface area contributed by atoms with Crippen LogP contribution in [0.4, 0.5) is 0 Å². The van der Waals surface area contributed by atoms with Crippen molar-refractivity contribution in [3.63, 3.8) is 0 Å². The Morgan fingerprint density at radius 1 is 1.19 bits per heavy atom. The van der Waals surface area contributed by atoms with Crippen LogP contribution in [-0.4, -0.2) is 42.4 Å². The van der Waals surface area contributed by atoms with Gasteiger partial charge in [-0.3, -0.25) is 0 Å². The molecular formula is C13H20BrNO5S. The van der Waals surface area contributed by atoms with Gasteiger partial charge in [-0.05, 0) is 35.3 Å². The molecule has 1 aromatic rings. The van der Waals surface area contributed by atoms with Crippen molar-refractivity contribution in [2.45, 2.75) is 18.2 Å². The molecular weight excluding hydrogens is 362 g/mol. The van der Waals surface area contributed by atoms with E-state index in [1.165, 1.54) is 20.3 Å². The lowest BCUT2D eigenvalue weighted by Gasteiger charge is -2.13. The fourth-order valence-corrected chi connectivity index (χ4v) is 3.75. The molecule has 0 unspecified atom stereocenters. The van der Waals surface area contributed by atoms with Crippen LogP contribution < -0.4 is 14.2 Å². The molecule has 0 aliphatic heterocycles. The summed E-state index contributed by atoms with van der Waals surface area (Å²) in [5.74, 6) is 0.815. The van der Waals surface area contributed by atoms with E-state index in [-0.39, 0.29) is 4.90 Å². The number of nitrogens with one attached hydrogen (secondary N) is 1. The Hall–Kier alpha value is -0.830. The van der Waals surface area contributed by atoms with Crippen molar-refractivity contribution in [3.05, 3.63) is 16.6 Å². The van der Waals surface area contributed by atoms with Crippen LogP contribution in [0.25, 0.3) is 0 Å². The first-order chi connectivity index (χ1) is 9.96. The fraction of sp³-hybridized carbons (Fsp3) is 0.538. The van der Waals surface area contributed by atoms with Gasteiger partial charge < -0.3 is 14.2 Å². The molecule has 21 heavy (non-hydrogen) atoms. The maximum absolute atomic E-state index is 12.3. The average Bonchev–Trinajstić information content (AvgIpc) is 2.46. The van der Waals surface area contributed by atoms with E-state index in [9.17, 15) is 8.42 Å². The third-order valence-corrected chi connectivity index (χ3v) is 5.11. The molecule has 120 valence electrons. The van der Waals surface area contributed by atoms with Gasteiger partial charge in [0.15, 0.2) is 11.5 Å². The zero-order valence-electron chi connectivity index (χ0n) is 12.3. The molecule has 0 amide bonds. The van der Waals surface area contributed by atoms with Crippen molar-refractivity contribution >= 4 is 26.0 Å². The molecule has 0 saturated heterocycles. The summed E-state index contributed by atoms with van der Waals surface area (Å²) in [6.07, 6.45) is 0.609. The van der Waals surface area contributed by atoms with E-state index < -0.39 is 10.0 Å². The van der Waals surface area contributed by atoms with E-state index >= 15 is 0 Å². The SMILES string of the molecule is CCOCCCNS(=O)(=O)c1cc(OC)c(OC)cc1Br. The maximum Gasteiger partial charge on any atom is 0.241 e. The Kier molecular flexibility index (Phi) is 7.44. The molecule has 0 bridgehead atoms. The topological polar surface area (TPSA) is 73.9 Å². The highest BCUT2D eigenvalue weighted by molar-refractivity contribution is 9.10. The number of rotatable bonds is 9. The molecule has 0 fully saturated rings. The lowest BCUT2D eigenvalue weighted by atomic mass is 10.3. The van der Waals surface area contributed by atoms with Crippen LogP contribution in [0.3, 0.4) is 0 Å². The van der Waals surface area contributed by atoms with Gasteiger partial charge in [0, 0.05) is 30.3 Å². The van der Waals surface area contributed by atoms with Gasteiger partial charge in [-0.2, -0.15) is 0 Å². The molecule has 1 rings (SSSR count). The number of benzene rings is 1. The highest BCUT2D eigenvalue weighted by atomic mass is 79.9. The highest BCUT2D eigenvalue weighted by Crippen LogP contribution is 2.35. The Morgan fingerprint density at radius 2 is 1.81 bits per heavy atom. The summed E-state index contributed by atoms with van der Waals surface area (Å²) in [5.41, 5.74) is 0. The molecule has 0 heterocycles. The summed E-state index contributed by atoms with van der Waals surface area (Å²) in [6.45, 7) is 3.34. The second-order valence-electron chi connectivity index (χ2n) is 4.09. The molecule has 0 aromatic heterocycles. The Balaban J connectivity index is 2.87. The number of hydrogen-bond donors (Lipinski definition) is 1. The summed E-state index contributed by atoms with van der Waals surface area (Å²) >= 11 is 3.24. The summed E-state index contributed by atoms with van der Waals surface area (Å²) in [6, 6.07) is 2.99. The Bertz CT molecular complexity index is 562. The van der Waals surface area contributed by atoms with Crippen LogP contribution in [-0.2, 0) is 14.8 Å². The second-order valence-corrected chi connectivity index (χ2v) is 6.68. The largest absolute Gasteiger partial charge is 0.493 e. The van der Waals surface area contributed by atoms with Crippen molar-refractivity contribution < 1.29 is 22.6 Å². The first-order valence-corrected chi connectivity index (χ1v) is 8.72. The van der Waals surface area contributed by atoms with Gasteiger partial charge in [0.1, 0.15) is 4.90 Å². The first kappa shape index (κ1) is 18.2. The molecule has 0 spiro atoms. The van der Waals surface area contributed by atoms with Gasteiger partial charge in [0.05, 0.1) is 14.2 Å². The standard InChI is InChI=1S/C13H20BrNO5S/c1-4-20-7-5-6-15-21(16,17)13-9-12(19-3)11(18-2)8-10(13)14/h8-9,15H,4-7H2,1-3H3. The minimum atomic E-state index is -3.62. The summed E-state index contributed by atoms with van der Waals surface area (Å²) < 4.78 is 42.9. The van der Waals surface area contributed by atoms with Crippen LogP contribution >= 0.6 is 15.9 Å². The molecule has 0 aliphatic rings.